The van der Waals surface area contributed by atoms with E-state index in [4.69, 9.17) is 27.9 Å². The van der Waals surface area contributed by atoms with Crippen LogP contribution in [-0.2, 0) is 4.74 Å². The third-order valence-corrected chi connectivity index (χ3v) is 5.94. The Hall–Kier alpha value is -2.18. The fraction of sp³-hybridized carbons (Fsp3) is 0.455. The topological polar surface area (TPSA) is 63.6 Å². The van der Waals surface area contributed by atoms with Crippen molar-refractivity contribution in [3.63, 3.8) is 0 Å². The van der Waals surface area contributed by atoms with E-state index in [1.54, 1.807) is 30.5 Å². The Morgan fingerprint density at radius 1 is 1.17 bits per heavy atom. The maximum atomic E-state index is 12.7. The first-order chi connectivity index (χ1) is 14.0. The summed E-state index contributed by atoms with van der Waals surface area (Å²) in [6.07, 6.45) is 2.80. The summed E-state index contributed by atoms with van der Waals surface area (Å²) in [5.41, 5.74) is 0.332. The lowest BCUT2D eigenvalue weighted by Crippen LogP contribution is -2.54. The lowest BCUT2D eigenvalue weighted by molar-refractivity contribution is 0.0448. The third kappa shape index (κ3) is 5.29. The van der Waals surface area contributed by atoms with Crippen molar-refractivity contribution in [2.45, 2.75) is 51.7 Å². The standard InChI is InChI=1S/C22H27Cl2N3O3/c1-21(2,3)30-20(29)25-22(4)9-12-26(13-10-22)15-8-11-27(18(28)14-15)17-7-5-6-16(23)19(17)24/h5-8,11,14H,9-10,12-13H2,1-4H3,(H,25,29). The number of anilines is 1. The molecular weight excluding hydrogens is 425 g/mol. The second-order valence-corrected chi connectivity index (χ2v) is 9.63. The van der Waals surface area contributed by atoms with Gasteiger partial charge in [0.2, 0.25) is 0 Å². The van der Waals surface area contributed by atoms with Gasteiger partial charge in [0, 0.05) is 36.6 Å². The van der Waals surface area contributed by atoms with Gasteiger partial charge in [-0.25, -0.2) is 4.79 Å². The molecule has 1 aromatic carbocycles. The highest BCUT2D eigenvalue weighted by molar-refractivity contribution is 6.43. The fourth-order valence-corrected chi connectivity index (χ4v) is 3.86. The molecular formula is C22H27Cl2N3O3. The highest BCUT2D eigenvalue weighted by Gasteiger charge is 2.33. The SMILES string of the molecule is CC1(NC(=O)OC(C)(C)C)CCN(c2ccn(-c3cccc(Cl)c3Cl)c(=O)c2)CC1. The Bertz CT molecular complexity index is 990. The van der Waals surface area contributed by atoms with E-state index in [1.807, 2.05) is 33.8 Å². The number of hydrogen-bond acceptors (Lipinski definition) is 4. The number of halogens is 2. The second-order valence-electron chi connectivity index (χ2n) is 8.84. The van der Waals surface area contributed by atoms with Crippen molar-refractivity contribution >= 4 is 35.0 Å². The quantitative estimate of drug-likeness (QED) is 0.710. The zero-order chi connectivity index (χ0) is 22.1. The van der Waals surface area contributed by atoms with E-state index in [2.05, 4.69) is 10.2 Å². The van der Waals surface area contributed by atoms with Crippen LogP contribution in [0.2, 0.25) is 10.0 Å². The molecule has 0 atom stereocenters. The minimum Gasteiger partial charge on any atom is -0.444 e. The van der Waals surface area contributed by atoms with Crippen molar-refractivity contribution in [3.8, 4) is 5.69 Å². The van der Waals surface area contributed by atoms with Crippen molar-refractivity contribution < 1.29 is 9.53 Å². The molecule has 1 N–H and O–H groups in total. The summed E-state index contributed by atoms with van der Waals surface area (Å²) in [5.74, 6) is 0. The van der Waals surface area contributed by atoms with Crippen molar-refractivity contribution in [3.05, 3.63) is 56.9 Å². The molecule has 0 radical (unpaired) electrons. The van der Waals surface area contributed by atoms with E-state index in [9.17, 15) is 9.59 Å². The van der Waals surface area contributed by atoms with Gasteiger partial charge in [0.1, 0.15) is 5.60 Å². The molecule has 0 aliphatic carbocycles. The number of pyridine rings is 1. The van der Waals surface area contributed by atoms with Crippen molar-refractivity contribution in [2.24, 2.45) is 0 Å². The van der Waals surface area contributed by atoms with Crippen LogP contribution < -0.4 is 15.8 Å². The average Bonchev–Trinajstić information content (AvgIpc) is 2.63. The van der Waals surface area contributed by atoms with Crippen LogP contribution in [0.25, 0.3) is 5.69 Å². The molecule has 162 valence electrons. The van der Waals surface area contributed by atoms with Crippen LogP contribution in [0.5, 0.6) is 0 Å². The summed E-state index contributed by atoms with van der Waals surface area (Å²) >= 11 is 12.3. The Morgan fingerprint density at radius 3 is 2.43 bits per heavy atom. The van der Waals surface area contributed by atoms with E-state index in [0.717, 1.165) is 18.5 Å². The van der Waals surface area contributed by atoms with Crippen LogP contribution in [0.4, 0.5) is 10.5 Å². The van der Waals surface area contributed by atoms with Gasteiger partial charge in [0.05, 0.1) is 15.7 Å². The molecule has 1 saturated heterocycles. The molecule has 6 nitrogen and oxygen atoms in total. The van der Waals surface area contributed by atoms with Gasteiger partial charge in [-0.15, -0.1) is 0 Å². The summed E-state index contributed by atoms with van der Waals surface area (Å²) in [4.78, 5) is 27.0. The predicted molar refractivity (Wildman–Crippen MR) is 121 cm³/mol. The lowest BCUT2D eigenvalue weighted by atomic mass is 9.89. The van der Waals surface area contributed by atoms with E-state index < -0.39 is 11.7 Å². The molecule has 0 saturated carbocycles. The number of amides is 1. The minimum absolute atomic E-state index is 0.183. The number of hydrogen-bond donors (Lipinski definition) is 1. The zero-order valence-corrected chi connectivity index (χ0v) is 19.2. The predicted octanol–water partition coefficient (Wildman–Crippen LogP) is 5.03. The van der Waals surface area contributed by atoms with Gasteiger partial charge >= 0.3 is 6.09 Å². The number of alkyl carbamates (subject to hydrolysis) is 1. The Balaban J connectivity index is 1.69. The number of rotatable bonds is 3. The molecule has 2 heterocycles. The zero-order valence-electron chi connectivity index (χ0n) is 17.7. The van der Waals surface area contributed by atoms with Gasteiger partial charge in [-0.05, 0) is 58.7 Å². The van der Waals surface area contributed by atoms with Gasteiger partial charge in [0.15, 0.2) is 0 Å². The summed E-state index contributed by atoms with van der Waals surface area (Å²) < 4.78 is 6.86. The molecule has 1 aliphatic rings. The van der Waals surface area contributed by atoms with Gasteiger partial charge in [-0.1, -0.05) is 29.3 Å². The Kier molecular flexibility index (Phi) is 6.39. The number of nitrogens with one attached hydrogen (secondary N) is 1. The third-order valence-electron chi connectivity index (χ3n) is 5.13. The van der Waals surface area contributed by atoms with Gasteiger partial charge < -0.3 is 15.0 Å². The van der Waals surface area contributed by atoms with Crippen LogP contribution in [0.1, 0.15) is 40.5 Å². The van der Waals surface area contributed by atoms with Crippen LogP contribution >= 0.6 is 23.2 Å². The highest BCUT2D eigenvalue weighted by atomic mass is 35.5. The van der Waals surface area contributed by atoms with Gasteiger partial charge in [-0.3, -0.25) is 9.36 Å². The first kappa shape index (κ1) is 22.5. The summed E-state index contributed by atoms with van der Waals surface area (Å²) in [6, 6.07) is 8.68. The smallest absolute Gasteiger partial charge is 0.408 e. The average molecular weight is 452 g/mol. The Labute approximate surface area is 186 Å². The van der Waals surface area contributed by atoms with E-state index in [1.165, 1.54) is 4.57 Å². The number of nitrogens with zero attached hydrogens (tertiary/aromatic N) is 2. The second kappa shape index (κ2) is 8.52. The van der Waals surface area contributed by atoms with Gasteiger partial charge in [0.25, 0.3) is 5.56 Å². The highest BCUT2D eigenvalue weighted by Crippen LogP contribution is 2.29. The molecule has 30 heavy (non-hydrogen) atoms. The molecule has 0 spiro atoms. The largest absolute Gasteiger partial charge is 0.444 e. The molecule has 3 rings (SSSR count). The number of carbonyl (C=O) groups is 1. The normalized spacial score (nSPS) is 16.3. The first-order valence-corrected chi connectivity index (χ1v) is 10.7. The van der Waals surface area contributed by atoms with E-state index >= 15 is 0 Å². The van der Waals surface area contributed by atoms with E-state index in [0.29, 0.717) is 28.8 Å². The van der Waals surface area contributed by atoms with Crippen molar-refractivity contribution in [1.82, 2.24) is 9.88 Å². The molecule has 1 amide bonds. The molecule has 1 aliphatic heterocycles. The number of aromatic nitrogens is 1. The maximum absolute atomic E-state index is 12.7. The van der Waals surface area contributed by atoms with Crippen LogP contribution in [0.15, 0.2) is 41.3 Å². The number of carbonyl (C=O) groups excluding carboxylic acids is 1. The molecule has 1 fully saturated rings. The van der Waals surface area contributed by atoms with Gasteiger partial charge in [-0.2, -0.15) is 0 Å². The number of benzene rings is 1. The summed E-state index contributed by atoms with van der Waals surface area (Å²) in [6.45, 7) is 8.98. The maximum Gasteiger partial charge on any atom is 0.408 e. The minimum atomic E-state index is -0.531. The molecule has 8 heteroatoms. The molecule has 2 aromatic rings. The lowest BCUT2D eigenvalue weighted by Gasteiger charge is -2.41. The van der Waals surface area contributed by atoms with E-state index in [-0.39, 0.29) is 11.1 Å². The molecule has 0 unspecified atom stereocenters. The number of ether oxygens (including phenoxy) is 1. The van der Waals surface area contributed by atoms with Crippen LogP contribution in [0, 0.1) is 0 Å². The summed E-state index contributed by atoms with van der Waals surface area (Å²) in [5, 5.41) is 3.74. The molecule has 1 aromatic heterocycles. The van der Waals surface area contributed by atoms with Crippen molar-refractivity contribution in [1.29, 1.82) is 0 Å². The number of piperidine rings is 1. The Morgan fingerprint density at radius 2 is 1.83 bits per heavy atom. The molecule has 0 bridgehead atoms. The van der Waals surface area contributed by atoms with Crippen LogP contribution in [-0.4, -0.2) is 34.9 Å². The fourth-order valence-electron chi connectivity index (χ4n) is 3.48. The van der Waals surface area contributed by atoms with Crippen LogP contribution in [0.3, 0.4) is 0 Å². The monoisotopic (exact) mass is 451 g/mol. The summed E-state index contributed by atoms with van der Waals surface area (Å²) in [7, 11) is 0. The first-order valence-electron chi connectivity index (χ1n) is 9.91. The van der Waals surface area contributed by atoms with Crippen molar-refractivity contribution in [2.75, 3.05) is 18.0 Å².